The van der Waals surface area contributed by atoms with E-state index in [-0.39, 0.29) is 31.8 Å². The Kier molecular flexibility index (Phi) is 6.65. The molecule has 2 rings (SSSR count). The Bertz CT molecular complexity index is 694. The maximum Gasteiger partial charge on any atom is 0.409 e. The van der Waals surface area contributed by atoms with Gasteiger partial charge >= 0.3 is 12.1 Å². The molecule has 1 aliphatic heterocycles. The number of rotatable bonds is 5. The minimum Gasteiger partial charge on any atom is -0.466 e. The zero-order chi connectivity index (χ0) is 19.3. The number of carbonyl (C=O) groups is 3. The summed E-state index contributed by atoms with van der Waals surface area (Å²) in [6.07, 6.45) is -0.413. The van der Waals surface area contributed by atoms with Gasteiger partial charge in [-0.25, -0.2) is 13.6 Å². The second-order valence-corrected chi connectivity index (χ2v) is 6.02. The molecular formula is C18H21F2NO5. The molecule has 1 aromatic carbocycles. The smallest absolute Gasteiger partial charge is 0.409 e. The van der Waals surface area contributed by atoms with Gasteiger partial charge in [-0.1, -0.05) is 6.07 Å². The van der Waals surface area contributed by atoms with Crippen molar-refractivity contribution in [3.05, 3.63) is 35.4 Å². The van der Waals surface area contributed by atoms with Crippen LogP contribution in [0.3, 0.4) is 0 Å². The summed E-state index contributed by atoms with van der Waals surface area (Å²) in [6, 6.07) is 2.71. The molecule has 0 unspecified atom stereocenters. The molecular weight excluding hydrogens is 348 g/mol. The molecule has 0 spiro atoms. The number of likely N-dealkylation sites (tertiary alicyclic amines) is 1. The van der Waals surface area contributed by atoms with Crippen LogP contribution in [0.5, 0.6) is 0 Å². The largest absolute Gasteiger partial charge is 0.466 e. The van der Waals surface area contributed by atoms with E-state index >= 15 is 0 Å². The summed E-state index contributed by atoms with van der Waals surface area (Å²) >= 11 is 0. The lowest BCUT2D eigenvalue weighted by Crippen LogP contribution is -2.43. The number of esters is 1. The first kappa shape index (κ1) is 19.8. The number of hydrogen-bond donors (Lipinski definition) is 0. The number of Topliss-reactive ketones (excluding diaryl/α,β-unsaturated/α-hetero) is 1. The molecule has 1 aliphatic rings. The van der Waals surface area contributed by atoms with Gasteiger partial charge in [0.2, 0.25) is 0 Å². The Balaban J connectivity index is 2.21. The molecule has 142 valence electrons. The number of piperidine rings is 1. The first-order chi connectivity index (χ1) is 12.4. The van der Waals surface area contributed by atoms with E-state index in [0.717, 1.165) is 12.1 Å². The third-order valence-electron chi connectivity index (χ3n) is 4.42. The molecule has 0 saturated carbocycles. The van der Waals surface area contributed by atoms with Crippen molar-refractivity contribution < 1.29 is 32.6 Å². The summed E-state index contributed by atoms with van der Waals surface area (Å²) in [5.41, 5.74) is 0.364. The van der Waals surface area contributed by atoms with Gasteiger partial charge in [0.25, 0.3) is 0 Å². The van der Waals surface area contributed by atoms with Crippen LogP contribution in [0.25, 0.3) is 0 Å². The van der Waals surface area contributed by atoms with Crippen LogP contribution >= 0.6 is 0 Å². The van der Waals surface area contributed by atoms with Crippen LogP contribution in [0.2, 0.25) is 0 Å². The summed E-state index contributed by atoms with van der Waals surface area (Å²) in [5, 5.41) is 0. The summed E-state index contributed by atoms with van der Waals surface area (Å²) in [4.78, 5) is 37.3. The molecule has 1 heterocycles. The third-order valence-corrected chi connectivity index (χ3v) is 4.42. The van der Waals surface area contributed by atoms with E-state index < -0.39 is 35.7 Å². The summed E-state index contributed by atoms with van der Waals surface area (Å²) < 4.78 is 36.4. The molecule has 0 aliphatic carbocycles. The molecule has 0 N–H and O–H groups in total. The van der Waals surface area contributed by atoms with Crippen LogP contribution < -0.4 is 0 Å². The number of methoxy groups -OCH3 is 1. The lowest BCUT2D eigenvalue weighted by atomic mass is 9.84. The molecule has 6 nitrogen and oxygen atoms in total. The van der Waals surface area contributed by atoms with Gasteiger partial charge in [-0.05, 0) is 37.5 Å². The van der Waals surface area contributed by atoms with Gasteiger partial charge in [0, 0.05) is 12.5 Å². The van der Waals surface area contributed by atoms with Crippen molar-refractivity contribution in [3.8, 4) is 0 Å². The fourth-order valence-corrected chi connectivity index (χ4v) is 3.13. The molecule has 1 saturated heterocycles. The lowest BCUT2D eigenvalue weighted by molar-refractivity contribution is -0.146. The number of ketones is 1. The van der Waals surface area contributed by atoms with Crippen molar-refractivity contribution in [2.75, 3.05) is 20.3 Å². The summed E-state index contributed by atoms with van der Waals surface area (Å²) in [7, 11) is 1.22. The molecule has 0 radical (unpaired) electrons. The van der Waals surface area contributed by atoms with Crippen molar-refractivity contribution in [2.45, 2.75) is 32.2 Å². The first-order valence-electron chi connectivity index (χ1n) is 8.35. The van der Waals surface area contributed by atoms with E-state index in [4.69, 9.17) is 9.47 Å². The zero-order valence-corrected chi connectivity index (χ0v) is 14.7. The maximum absolute atomic E-state index is 13.6. The molecule has 1 fully saturated rings. The maximum atomic E-state index is 13.6. The van der Waals surface area contributed by atoms with E-state index in [0.29, 0.717) is 12.0 Å². The van der Waals surface area contributed by atoms with Gasteiger partial charge in [-0.3, -0.25) is 9.59 Å². The SMILES string of the molecule is CCOC(=O)CC(=O)[C@@H]1CCN(C(=O)OC)[C@H](c2ccc(F)c(F)c2)C1. The molecule has 0 aromatic heterocycles. The minimum absolute atomic E-state index is 0.185. The Morgan fingerprint density at radius 3 is 2.58 bits per heavy atom. The number of benzene rings is 1. The zero-order valence-electron chi connectivity index (χ0n) is 14.7. The van der Waals surface area contributed by atoms with Crippen LogP contribution in [-0.2, 0) is 19.1 Å². The Hall–Kier alpha value is -2.51. The van der Waals surface area contributed by atoms with Crippen molar-refractivity contribution in [1.29, 1.82) is 0 Å². The molecule has 1 amide bonds. The van der Waals surface area contributed by atoms with Crippen LogP contribution in [-0.4, -0.2) is 43.0 Å². The van der Waals surface area contributed by atoms with E-state index in [2.05, 4.69) is 0 Å². The van der Waals surface area contributed by atoms with E-state index in [1.165, 1.54) is 18.1 Å². The number of hydrogen-bond acceptors (Lipinski definition) is 5. The summed E-state index contributed by atoms with van der Waals surface area (Å²) in [6.45, 7) is 2.04. The van der Waals surface area contributed by atoms with Gasteiger partial charge in [0.15, 0.2) is 11.6 Å². The van der Waals surface area contributed by atoms with E-state index in [9.17, 15) is 23.2 Å². The van der Waals surface area contributed by atoms with Gasteiger partial charge in [-0.2, -0.15) is 0 Å². The minimum atomic E-state index is -1.03. The van der Waals surface area contributed by atoms with Crippen LogP contribution in [0.15, 0.2) is 18.2 Å². The Morgan fingerprint density at radius 1 is 1.23 bits per heavy atom. The number of amides is 1. The normalized spacial score (nSPS) is 19.8. The van der Waals surface area contributed by atoms with Gasteiger partial charge in [0.1, 0.15) is 12.2 Å². The molecule has 26 heavy (non-hydrogen) atoms. The number of halogens is 2. The quantitative estimate of drug-likeness (QED) is 0.589. The second kappa shape index (κ2) is 8.73. The highest BCUT2D eigenvalue weighted by molar-refractivity contribution is 5.96. The monoisotopic (exact) mass is 369 g/mol. The van der Waals surface area contributed by atoms with E-state index in [1.54, 1.807) is 6.92 Å². The van der Waals surface area contributed by atoms with Gasteiger partial charge in [0.05, 0.1) is 19.8 Å². The number of nitrogens with zero attached hydrogens (tertiary/aromatic N) is 1. The van der Waals surface area contributed by atoms with E-state index in [1.807, 2.05) is 0 Å². The molecule has 1 aromatic rings. The highest BCUT2D eigenvalue weighted by Gasteiger charge is 2.36. The van der Waals surface area contributed by atoms with Crippen molar-refractivity contribution in [2.24, 2.45) is 5.92 Å². The fourth-order valence-electron chi connectivity index (χ4n) is 3.13. The van der Waals surface area contributed by atoms with Crippen molar-refractivity contribution >= 4 is 17.8 Å². The van der Waals surface area contributed by atoms with Gasteiger partial charge in [-0.15, -0.1) is 0 Å². The van der Waals surface area contributed by atoms with Gasteiger partial charge < -0.3 is 14.4 Å². The Morgan fingerprint density at radius 2 is 1.96 bits per heavy atom. The summed E-state index contributed by atoms with van der Waals surface area (Å²) in [5.74, 6) is -3.41. The van der Waals surface area contributed by atoms with Crippen LogP contribution in [0.4, 0.5) is 13.6 Å². The van der Waals surface area contributed by atoms with Crippen molar-refractivity contribution in [1.82, 2.24) is 4.90 Å². The van der Waals surface area contributed by atoms with Crippen LogP contribution in [0.1, 0.15) is 37.8 Å². The topological polar surface area (TPSA) is 72.9 Å². The predicted molar refractivity (Wildman–Crippen MR) is 87.2 cm³/mol. The molecule has 8 heteroatoms. The molecule has 0 bridgehead atoms. The third kappa shape index (κ3) is 4.56. The van der Waals surface area contributed by atoms with Crippen LogP contribution in [0, 0.1) is 17.6 Å². The first-order valence-corrected chi connectivity index (χ1v) is 8.35. The average molecular weight is 369 g/mol. The highest BCUT2D eigenvalue weighted by Crippen LogP contribution is 2.36. The Labute approximate surface area is 150 Å². The highest BCUT2D eigenvalue weighted by atomic mass is 19.2. The predicted octanol–water partition coefficient (Wildman–Crippen LogP) is 3.01. The number of carbonyl (C=O) groups excluding carboxylic acids is 3. The lowest BCUT2D eigenvalue weighted by Gasteiger charge is -2.38. The second-order valence-electron chi connectivity index (χ2n) is 6.02. The number of ether oxygens (including phenoxy) is 2. The fraction of sp³-hybridized carbons (Fsp3) is 0.500. The molecule has 2 atom stereocenters. The average Bonchev–Trinajstić information content (AvgIpc) is 2.63. The van der Waals surface area contributed by atoms with Crippen molar-refractivity contribution in [3.63, 3.8) is 0 Å². The standard InChI is InChI=1S/C18H21F2NO5/c1-3-26-17(23)10-16(22)12-6-7-21(18(24)25-2)15(9-12)11-4-5-13(19)14(20)8-11/h4-5,8,12,15H,3,6-7,9-10H2,1-2H3/t12-,15+/m1/s1.